The maximum absolute atomic E-state index is 6.22. The second-order valence-corrected chi connectivity index (χ2v) is 6.32. The molecule has 3 rings (SSSR count). The van der Waals surface area contributed by atoms with E-state index < -0.39 is 0 Å². The average Bonchev–Trinajstić information content (AvgIpc) is 3.07. The Balaban J connectivity index is 2.00. The Morgan fingerprint density at radius 2 is 2.00 bits per heavy atom. The molecule has 19 heavy (non-hydrogen) atoms. The highest BCUT2D eigenvalue weighted by Gasteiger charge is 2.22. The molecule has 1 fully saturated rings. The second kappa shape index (κ2) is 5.33. The fourth-order valence-electron chi connectivity index (χ4n) is 2.95. The molecule has 3 heteroatoms. The number of anilines is 1. The Bertz CT molecular complexity index is 568. The van der Waals surface area contributed by atoms with E-state index in [2.05, 4.69) is 31.2 Å². The summed E-state index contributed by atoms with van der Waals surface area (Å²) in [5.74, 6) is 0.648. The molecule has 1 aromatic heterocycles. The summed E-state index contributed by atoms with van der Waals surface area (Å²) in [5.41, 5.74) is 9.77. The molecule has 0 aliphatic heterocycles. The first kappa shape index (κ1) is 12.7. The minimum atomic E-state index is 0.648. The first-order valence-corrected chi connectivity index (χ1v) is 7.95. The minimum absolute atomic E-state index is 0.648. The van der Waals surface area contributed by atoms with Gasteiger partial charge < -0.3 is 5.73 Å². The van der Waals surface area contributed by atoms with Gasteiger partial charge in [-0.05, 0) is 24.8 Å². The number of rotatable bonds is 3. The van der Waals surface area contributed by atoms with Crippen molar-refractivity contribution in [3.05, 3.63) is 34.8 Å². The van der Waals surface area contributed by atoms with Gasteiger partial charge in [-0.25, -0.2) is 4.98 Å². The third-order valence-electron chi connectivity index (χ3n) is 4.03. The van der Waals surface area contributed by atoms with Crippen molar-refractivity contribution in [2.75, 3.05) is 5.73 Å². The quantitative estimate of drug-likeness (QED) is 0.886. The summed E-state index contributed by atoms with van der Waals surface area (Å²) in [6.45, 7) is 2.18. The number of hydrogen-bond acceptors (Lipinski definition) is 3. The van der Waals surface area contributed by atoms with E-state index in [0.29, 0.717) is 5.92 Å². The van der Waals surface area contributed by atoms with Crippen LogP contribution in [0.15, 0.2) is 24.3 Å². The van der Waals surface area contributed by atoms with E-state index in [9.17, 15) is 0 Å². The Kier molecular flexibility index (Phi) is 3.56. The largest absolute Gasteiger partial charge is 0.389 e. The highest BCUT2D eigenvalue weighted by molar-refractivity contribution is 7.16. The third-order valence-corrected chi connectivity index (χ3v) is 5.07. The Morgan fingerprint density at radius 1 is 1.26 bits per heavy atom. The van der Waals surface area contributed by atoms with E-state index in [1.807, 2.05) is 0 Å². The van der Waals surface area contributed by atoms with Gasteiger partial charge in [0, 0.05) is 11.5 Å². The molecule has 100 valence electrons. The zero-order valence-corrected chi connectivity index (χ0v) is 12.2. The molecule has 0 radical (unpaired) electrons. The number of aromatic nitrogens is 1. The van der Waals surface area contributed by atoms with E-state index in [1.165, 1.54) is 41.8 Å². The van der Waals surface area contributed by atoms with E-state index in [0.717, 1.165) is 17.1 Å². The number of thiazole rings is 1. The Morgan fingerprint density at radius 3 is 2.74 bits per heavy atom. The molecule has 0 saturated heterocycles. The summed E-state index contributed by atoms with van der Waals surface area (Å²) in [6.07, 6.45) is 6.26. The molecule has 0 amide bonds. The van der Waals surface area contributed by atoms with Crippen LogP contribution >= 0.6 is 11.3 Å². The van der Waals surface area contributed by atoms with E-state index in [-0.39, 0.29) is 0 Å². The molecule has 0 spiro atoms. The van der Waals surface area contributed by atoms with Gasteiger partial charge in [0.25, 0.3) is 0 Å². The summed E-state index contributed by atoms with van der Waals surface area (Å²) in [7, 11) is 0. The number of nitrogens with two attached hydrogens (primary N) is 1. The lowest BCUT2D eigenvalue weighted by Crippen LogP contribution is -1.93. The molecule has 0 atom stereocenters. The van der Waals surface area contributed by atoms with Gasteiger partial charge >= 0.3 is 0 Å². The van der Waals surface area contributed by atoms with Crippen molar-refractivity contribution in [1.82, 2.24) is 4.98 Å². The van der Waals surface area contributed by atoms with Crippen LogP contribution in [0.25, 0.3) is 11.3 Å². The minimum Gasteiger partial charge on any atom is -0.389 e. The van der Waals surface area contributed by atoms with Crippen LogP contribution in [0.4, 0.5) is 5.00 Å². The fraction of sp³-hybridized carbons (Fsp3) is 0.438. The molecular formula is C16H20N2S. The van der Waals surface area contributed by atoms with Gasteiger partial charge in [-0.3, -0.25) is 0 Å². The second-order valence-electron chi connectivity index (χ2n) is 5.26. The summed E-state index contributed by atoms with van der Waals surface area (Å²) in [4.78, 5) is 4.86. The summed E-state index contributed by atoms with van der Waals surface area (Å²) in [5, 5.41) is 2.12. The lowest BCUT2D eigenvalue weighted by Gasteiger charge is -2.06. The molecular weight excluding hydrogens is 252 g/mol. The van der Waals surface area contributed by atoms with Crippen LogP contribution < -0.4 is 5.73 Å². The lowest BCUT2D eigenvalue weighted by atomic mass is 10.0. The maximum atomic E-state index is 6.22. The van der Waals surface area contributed by atoms with E-state index >= 15 is 0 Å². The maximum Gasteiger partial charge on any atom is 0.114 e. The number of nitrogen functional groups attached to an aromatic ring is 1. The van der Waals surface area contributed by atoms with Gasteiger partial charge in [0.1, 0.15) is 10.7 Å². The standard InChI is InChI=1S/C16H20N2S/c1-2-11-7-5-6-10-13(11)14-15(17)19-16(18-14)12-8-3-4-9-12/h5-7,10,12H,2-4,8-9,17H2,1H3. The molecule has 0 unspecified atom stereocenters. The first-order chi connectivity index (χ1) is 9.29. The van der Waals surface area contributed by atoms with Crippen LogP contribution in [0.1, 0.15) is 49.1 Å². The van der Waals surface area contributed by atoms with Crippen LogP contribution in [-0.2, 0) is 6.42 Å². The van der Waals surface area contributed by atoms with Gasteiger partial charge in [0.2, 0.25) is 0 Å². The van der Waals surface area contributed by atoms with Crippen molar-refractivity contribution < 1.29 is 0 Å². The zero-order valence-electron chi connectivity index (χ0n) is 11.4. The third kappa shape index (κ3) is 2.39. The molecule has 2 nitrogen and oxygen atoms in total. The predicted octanol–water partition coefficient (Wildman–Crippen LogP) is 4.61. The molecule has 1 aliphatic rings. The van der Waals surface area contributed by atoms with Gasteiger partial charge in [-0.15, -0.1) is 11.3 Å². The number of hydrogen-bond donors (Lipinski definition) is 1. The van der Waals surface area contributed by atoms with Crippen LogP contribution in [-0.4, -0.2) is 4.98 Å². The molecule has 1 heterocycles. The molecule has 1 aromatic carbocycles. The SMILES string of the molecule is CCc1ccccc1-c1nc(C2CCCC2)sc1N. The lowest BCUT2D eigenvalue weighted by molar-refractivity contribution is 0.717. The first-order valence-electron chi connectivity index (χ1n) is 7.14. The van der Waals surface area contributed by atoms with Crippen molar-refractivity contribution >= 4 is 16.3 Å². The molecule has 2 aromatic rings. The van der Waals surface area contributed by atoms with Crippen LogP contribution in [0.2, 0.25) is 0 Å². The van der Waals surface area contributed by atoms with Crippen molar-refractivity contribution in [3.8, 4) is 11.3 Å². The normalized spacial score (nSPS) is 16.1. The van der Waals surface area contributed by atoms with E-state index in [4.69, 9.17) is 10.7 Å². The number of aryl methyl sites for hydroxylation is 1. The topological polar surface area (TPSA) is 38.9 Å². The van der Waals surface area contributed by atoms with Crippen LogP contribution in [0.5, 0.6) is 0 Å². The summed E-state index contributed by atoms with van der Waals surface area (Å²) >= 11 is 1.69. The molecule has 0 bridgehead atoms. The smallest absolute Gasteiger partial charge is 0.114 e. The van der Waals surface area contributed by atoms with Crippen molar-refractivity contribution in [2.24, 2.45) is 0 Å². The highest BCUT2D eigenvalue weighted by atomic mass is 32.1. The predicted molar refractivity (Wildman–Crippen MR) is 82.5 cm³/mol. The monoisotopic (exact) mass is 272 g/mol. The van der Waals surface area contributed by atoms with Crippen molar-refractivity contribution in [1.29, 1.82) is 0 Å². The van der Waals surface area contributed by atoms with Gasteiger partial charge in [-0.2, -0.15) is 0 Å². The Hall–Kier alpha value is -1.35. The Labute approximate surface area is 118 Å². The average molecular weight is 272 g/mol. The summed E-state index contributed by atoms with van der Waals surface area (Å²) in [6, 6.07) is 8.47. The molecule has 1 saturated carbocycles. The van der Waals surface area contributed by atoms with Crippen molar-refractivity contribution in [3.63, 3.8) is 0 Å². The van der Waals surface area contributed by atoms with Gasteiger partial charge in [-0.1, -0.05) is 44.0 Å². The number of nitrogens with zero attached hydrogens (tertiary/aromatic N) is 1. The van der Waals surface area contributed by atoms with Crippen LogP contribution in [0.3, 0.4) is 0 Å². The number of benzene rings is 1. The van der Waals surface area contributed by atoms with Crippen LogP contribution in [0, 0.1) is 0 Å². The van der Waals surface area contributed by atoms with E-state index in [1.54, 1.807) is 11.3 Å². The van der Waals surface area contributed by atoms with Crippen molar-refractivity contribution in [2.45, 2.75) is 44.9 Å². The van der Waals surface area contributed by atoms with Gasteiger partial charge in [0.05, 0.1) is 5.01 Å². The highest BCUT2D eigenvalue weighted by Crippen LogP contribution is 2.41. The van der Waals surface area contributed by atoms with Gasteiger partial charge in [0.15, 0.2) is 0 Å². The zero-order chi connectivity index (χ0) is 13.2. The molecule has 1 aliphatic carbocycles. The fourth-order valence-corrected chi connectivity index (χ4v) is 3.97. The summed E-state index contributed by atoms with van der Waals surface area (Å²) < 4.78 is 0. The molecule has 2 N–H and O–H groups in total.